The summed E-state index contributed by atoms with van der Waals surface area (Å²) in [6.07, 6.45) is 3.88. The van der Waals surface area contributed by atoms with Gasteiger partial charge in [0.2, 0.25) is 0 Å². The van der Waals surface area contributed by atoms with Crippen LogP contribution in [0.1, 0.15) is 23.2 Å². The number of H-pyrrole nitrogens is 1. The highest BCUT2D eigenvalue weighted by molar-refractivity contribution is 5.95. The Kier molecular flexibility index (Phi) is 6.79. The molecule has 1 atom stereocenters. The van der Waals surface area contributed by atoms with Gasteiger partial charge in [0.15, 0.2) is 0 Å². The molecule has 0 saturated carbocycles. The van der Waals surface area contributed by atoms with E-state index in [-0.39, 0.29) is 11.5 Å². The number of nitrogens with zero attached hydrogens (tertiary/aromatic N) is 1. The van der Waals surface area contributed by atoms with E-state index in [1.165, 1.54) is 0 Å². The minimum Gasteiger partial charge on any atom is -0.383 e. The van der Waals surface area contributed by atoms with Crippen molar-refractivity contribution in [1.82, 2.24) is 15.2 Å². The summed E-state index contributed by atoms with van der Waals surface area (Å²) in [7, 11) is 1.72. The lowest BCUT2D eigenvalue weighted by molar-refractivity contribution is 0.0913. The molecule has 0 unspecified atom stereocenters. The maximum Gasteiger partial charge on any atom is 0.255 e. The Balaban J connectivity index is 1.59. The SMILES string of the molecule is COCCN1CCC[C@@H](CNC(=O)c2cccc(-c3ccc[nH]c3=O)c2)C1. The lowest BCUT2D eigenvalue weighted by atomic mass is 9.97. The van der Waals surface area contributed by atoms with Gasteiger partial charge < -0.3 is 19.9 Å². The number of piperidine rings is 1. The lowest BCUT2D eigenvalue weighted by Gasteiger charge is -2.32. The number of aromatic amines is 1. The number of carbonyl (C=O) groups is 1. The zero-order valence-corrected chi connectivity index (χ0v) is 15.7. The van der Waals surface area contributed by atoms with Crippen molar-refractivity contribution in [2.75, 3.05) is 39.9 Å². The first-order valence-electron chi connectivity index (χ1n) is 9.45. The lowest BCUT2D eigenvalue weighted by Crippen LogP contribution is -2.42. The summed E-state index contributed by atoms with van der Waals surface area (Å²) in [4.78, 5) is 29.6. The number of nitrogens with one attached hydrogen (secondary N) is 2. The molecule has 27 heavy (non-hydrogen) atoms. The van der Waals surface area contributed by atoms with Crippen molar-refractivity contribution < 1.29 is 9.53 Å². The molecular weight excluding hydrogens is 342 g/mol. The van der Waals surface area contributed by atoms with Gasteiger partial charge in [0.25, 0.3) is 11.5 Å². The molecule has 6 heteroatoms. The molecule has 2 aromatic rings. The molecule has 1 aliphatic heterocycles. The maximum atomic E-state index is 12.6. The molecule has 6 nitrogen and oxygen atoms in total. The first-order valence-corrected chi connectivity index (χ1v) is 9.45. The quantitative estimate of drug-likeness (QED) is 0.784. The van der Waals surface area contributed by atoms with E-state index < -0.39 is 0 Å². The number of pyridine rings is 1. The Morgan fingerprint density at radius 3 is 3.04 bits per heavy atom. The van der Waals surface area contributed by atoms with Crippen molar-refractivity contribution in [2.24, 2.45) is 5.92 Å². The van der Waals surface area contributed by atoms with Crippen molar-refractivity contribution in [3.8, 4) is 11.1 Å². The molecule has 1 amide bonds. The summed E-state index contributed by atoms with van der Waals surface area (Å²) >= 11 is 0. The highest BCUT2D eigenvalue weighted by Crippen LogP contribution is 2.18. The van der Waals surface area contributed by atoms with E-state index >= 15 is 0 Å². The summed E-state index contributed by atoms with van der Waals surface area (Å²) in [5.41, 5.74) is 1.72. The molecule has 0 aliphatic carbocycles. The van der Waals surface area contributed by atoms with E-state index in [1.807, 2.05) is 12.1 Å². The Morgan fingerprint density at radius 1 is 1.33 bits per heavy atom. The maximum absolute atomic E-state index is 12.6. The third-order valence-electron chi connectivity index (χ3n) is 5.02. The van der Waals surface area contributed by atoms with Gasteiger partial charge in [-0.1, -0.05) is 12.1 Å². The number of likely N-dealkylation sites (tertiary alicyclic amines) is 1. The summed E-state index contributed by atoms with van der Waals surface area (Å²) in [6, 6.07) is 10.7. The van der Waals surface area contributed by atoms with Crippen LogP contribution < -0.4 is 10.9 Å². The van der Waals surface area contributed by atoms with Crippen molar-refractivity contribution in [1.29, 1.82) is 0 Å². The van der Waals surface area contributed by atoms with E-state index in [4.69, 9.17) is 4.74 Å². The third kappa shape index (κ3) is 5.28. The summed E-state index contributed by atoms with van der Waals surface area (Å²) in [6.45, 7) is 4.43. The van der Waals surface area contributed by atoms with Gasteiger partial charge in [-0.2, -0.15) is 0 Å². The van der Waals surface area contributed by atoms with E-state index in [0.29, 0.717) is 23.6 Å². The van der Waals surface area contributed by atoms with Crippen LogP contribution in [0.5, 0.6) is 0 Å². The highest BCUT2D eigenvalue weighted by Gasteiger charge is 2.20. The van der Waals surface area contributed by atoms with Gasteiger partial charge in [-0.3, -0.25) is 9.59 Å². The number of ether oxygens (including phenoxy) is 1. The van der Waals surface area contributed by atoms with E-state index in [0.717, 1.165) is 44.6 Å². The fourth-order valence-corrected chi connectivity index (χ4v) is 3.56. The van der Waals surface area contributed by atoms with Gasteiger partial charge in [-0.05, 0) is 55.1 Å². The number of amides is 1. The number of hydrogen-bond donors (Lipinski definition) is 2. The predicted molar refractivity (Wildman–Crippen MR) is 106 cm³/mol. The Hall–Kier alpha value is -2.44. The second-order valence-electron chi connectivity index (χ2n) is 7.01. The van der Waals surface area contributed by atoms with Gasteiger partial charge in [-0.15, -0.1) is 0 Å². The summed E-state index contributed by atoms with van der Waals surface area (Å²) in [5.74, 6) is 0.359. The number of benzene rings is 1. The van der Waals surface area contributed by atoms with Crippen LogP contribution in [0.15, 0.2) is 47.4 Å². The van der Waals surface area contributed by atoms with Crippen LogP contribution in [0, 0.1) is 5.92 Å². The first kappa shape index (κ1) is 19.3. The third-order valence-corrected chi connectivity index (χ3v) is 5.02. The molecule has 1 aromatic carbocycles. The predicted octanol–water partition coefficient (Wildman–Crippen LogP) is 2.13. The van der Waals surface area contributed by atoms with Gasteiger partial charge in [0, 0.05) is 44.1 Å². The second kappa shape index (κ2) is 9.48. The molecule has 2 heterocycles. The largest absolute Gasteiger partial charge is 0.383 e. The number of hydrogen-bond acceptors (Lipinski definition) is 4. The second-order valence-corrected chi connectivity index (χ2v) is 7.01. The number of carbonyl (C=O) groups excluding carboxylic acids is 1. The fourth-order valence-electron chi connectivity index (χ4n) is 3.56. The zero-order valence-electron chi connectivity index (χ0n) is 15.7. The van der Waals surface area contributed by atoms with Crippen molar-refractivity contribution in [3.63, 3.8) is 0 Å². The average Bonchev–Trinajstić information content (AvgIpc) is 2.71. The van der Waals surface area contributed by atoms with Gasteiger partial charge in [0.1, 0.15) is 0 Å². The standard InChI is InChI=1S/C21H27N3O3/c1-27-12-11-24-10-4-5-16(15-24)14-23-20(25)18-7-2-6-17(13-18)19-8-3-9-22-21(19)26/h2-3,6-9,13,16H,4-5,10-12,14-15H2,1H3,(H,22,26)(H,23,25)/t16-/m0/s1. The minimum atomic E-state index is -0.159. The highest BCUT2D eigenvalue weighted by atomic mass is 16.5. The van der Waals surface area contributed by atoms with Crippen LogP contribution in [0.25, 0.3) is 11.1 Å². The Morgan fingerprint density at radius 2 is 2.22 bits per heavy atom. The van der Waals surface area contributed by atoms with Crippen molar-refractivity contribution in [2.45, 2.75) is 12.8 Å². The topological polar surface area (TPSA) is 74.4 Å². The smallest absolute Gasteiger partial charge is 0.255 e. The molecule has 2 N–H and O–H groups in total. The van der Waals surface area contributed by atoms with Crippen LogP contribution in [0.2, 0.25) is 0 Å². The molecule has 144 valence electrons. The van der Waals surface area contributed by atoms with E-state index in [9.17, 15) is 9.59 Å². The van der Waals surface area contributed by atoms with Crippen LogP contribution in [0.3, 0.4) is 0 Å². The van der Waals surface area contributed by atoms with Gasteiger partial charge >= 0.3 is 0 Å². The van der Waals surface area contributed by atoms with E-state index in [1.54, 1.807) is 37.6 Å². The van der Waals surface area contributed by atoms with Crippen LogP contribution in [-0.4, -0.2) is 55.7 Å². The molecule has 1 aromatic heterocycles. The molecule has 0 radical (unpaired) electrons. The molecule has 1 aliphatic rings. The molecule has 0 spiro atoms. The van der Waals surface area contributed by atoms with Crippen molar-refractivity contribution >= 4 is 5.91 Å². The average molecular weight is 369 g/mol. The van der Waals surface area contributed by atoms with Crippen molar-refractivity contribution in [3.05, 3.63) is 58.5 Å². The normalized spacial score (nSPS) is 17.6. The first-order chi connectivity index (χ1) is 13.2. The Bertz CT molecular complexity index is 818. The van der Waals surface area contributed by atoms with E-state index in [2.05, 4.69) is 15.2 Å². The monoisotopic (exact) mass is 369 g/mol. The van der Waals surface area contributed by atoms with Gasteiger partial charge in [0.05, 0.1) is 6.61 Å². The molecular formula is C21H27N3O3. The fraction of sp³-hybridized carbons (Fsp3) is 0.429. The molecule has 1 saturated heterocycles. The Labute approximate surface area is 159 Å². The minimum absolute atomic E-state index is 0.0989. The van der Waals surface area contributed by atoms with Crippen LogP contribution in [-0.2, 0) is 4.74 Å². The van der Waals surface area contributed by atoms with Crippen LogP contribution in [0.4, 0.5) is 0 Å². The molecule has 1 fully saturated rings. The molecule has 0 bridgehead atoms. The number of aromatic nitrogens is 1. The zero-order chi connectivity index (χ0) is 19.1. The van der Waals surface area contributed by atoms with Crippen LogP contribution >= 0.6 is 0 Å². The molecule has 3 rings (SSSR count). The summed E-state index contributed by atoms with van der Waals surface area (Å²) in [5, 5.41) is 3.06. The summed E-state index contributed by atoms with van der Waals surface area (Å²) < 4.78 is 5.16. The van der Waals surface area contributed by atoms with Gasteiger partial charge in [-0.25, -0.2) is 0 Å². The number of rotatable bonds is 7. The number of methoxy groups -OCH3 is 1.